The van der Waals surface area contributed by atoms with Crippen molar-refractivity contribution < 1.29 is 18.3 Å². The Balaban J connectivity index is 2.06. The van der Waals surface area contributed by atoms with Gasteiger partial charge < -0.3 is 10.4 Å². The molecule has 1 aromatic heterocycles. The molecule has 2 rings (SSSR count). The van der Waals surface area contributed by atoms with Gasteiger partial charge in [0.1, 0.15) is 0 Å². The first-order valence-electron chi connectivity index (χ1n) is 6.28. The van der Waals surface area contributed by atoms with Crippen molar-refractivity contribution in [1.82, 2.24) is 0 Å². The molecular formula is C14H13N2O4S2-. The fourth-order valence-electron chi connectivity index (χ4n) is 1.71. The summed E-state index contributed by atoms with van der Waals surface area (Å²) in [5.41, 5.74) is 0.475. The van der Waals surface area contributed by atoms with E-state index in [-0.39, 0.29) is 17.2 Å². The van der Waals surface area contributed by atoms with Gasteiger partial charge in [-0.3, -0.25) is 4.79 Å². The molecule has 116 valence electrons. The average molecular weight is 337 g/mol. The predicted molar refractivity (Wildman–Crippen MR) is 83.4 cm³/mol. The van der Waals surface area contributed by atoms with Crippen molar-refractivity contribution in [2.45, 2.75) is 18.2 Å². The lowest BCUT2D eigenvalue weighted by atomic mass is 10.3. The van der Waals surface area contributed by atoms with Crippen LogP contribution in [0.3, 0.4) is 0 Å². The number of amides is 1. The number of nitrogens with one attached hydrogen (secondary N) is 1. The third kappa shape index (κ3) is 4.40. The number of thiophene rings is 1. The van der Waals surface area contributed by atoms with Gasteiger partial charge in [0.2, 0.25) is 5.91 Å². The van der Waals surface area contributed by atoms with Gasteiger partial charge in [-0.25, -0.2) is 0 Å². The number of rotatable bonds is 5. The van der Waals surface area contributed by atoms with Crippen LogP contribution in [-0.4, -0.2) is 20.2 Å². The van der Waals surface area contributed by atoms with Gasteiger partial charge in [0, 0.05) is 10.6 Å². The van der Waals surface area contributed by atoms with Crippen LogP contribution in [0.5, 0.6) is 0 Å². The lowest BCUT2D eigenvalue weighted by Gasteiger charge is -2.07. The van der Waals surface area contributed by atoms with E-state index < -0.39 is 15.9 Å². The molecule has 0 unspecified atom stereocenters. The van der Waals surface area contributed by atoms with Gasteiger partial charge in [-0.2, -0.15) is 12.8 Å². The molecule has 8 heteroatoms. The molecule has 0 aliphatic heterocycles. The molecule has 22 heavy (non-hydrogen) atoms. The summed E-state index contributed by atoms with van der Waals surface area (Å²) in [4.78, 5) is 12.7. The Hall–Kier alpha value is -2.19. The summed E-state index contributed by atoms with van der Waals surface area (Å²) in [5.74, 6) is -0.972. The zero-order valence-corrected chi connectivity index (χ0v) is 13.3. The molecule has 1 N–H and O–H groups in total. The van der Waals surface area contributed by atoms with E-state index in [2.05, 4.69) is 9.71 Å². The van der Waals surface area contributed by atoms with Gasteiger partial charge in [-0.15, -0.1) is 11.3 Å². The Kier molecular flexibility index (Phi) is 4.94. The van der Waals surface area contributed by atoms with Crippen molar-refractivity contribution in [1.29, 1.82) is 0 Å². The lowest BCUT2D eigenvalue weighted by Crippen LogP contribution is -2.15. The maximum atomic E-state index is 11.8. The van der Waals surface area contributed by atoms with Crippen molar-refractivity contribution in [3.63, 3.8) is 0 Å². The highest BCUT2D eigenvalue weighted by Gasteiger charge is 2.12. The maximum Gasteiger partial charge on any atom is 0.281 e. The first kappa shape index (κ1) is 16.2. The van der Waals surface area contributed by atoms with Crippen molar-refractivity contribution >= 4 is 38.9 Å². The van der Waals surface area contributed by atoms with Crippen LogP contribution in [0.2, 0.25) is 0 Å². The van der Waals surface area contributed by atoms with Crippen LogP contribution in [0.15, 0.2) is 51.1 Å². The van der Waals surface area contributed by atoms with Crippen LogP contribution in [0.4, 0.5) is 5.69 Å². The van der Waals surface area contributed by atoms with E-state index in [4.69, 9.17) is 0 Å². The van der Waals surface area contributed by atoms with Crippen molar-refractivity contribution in [3.05, 3.63) is 46.7 Å². The van der Waals surface area contributed by atoms with Crippen molar-refractivity contribution in [3.8, 4) is 0 Å². The van der Waals surface area contributed by atoms with Crippen LogP contribution >= 0.6 is 11.3 Å². The van der Waals surface area contributed by atoms with Crippen LogP contribution < -0.4 is 10.4 Å². The Labute approximate surface area is 132 Å². The van der Waals surface area contributed by atoms with Crippen molar-refractivity contribution in [2.75, 3.05) is 5.32 Å². The number of carbonyl (C=O) groups is 1. The molecule has 1 heterocycles. The summed E-state index contributed by atoms with van der Waals surface area (Å²) >= 11 is 1.49. The Bertz CT molecular complexity index is 775. The quantitative estimate of drug-likeness (QED) is 0.658. The van der Waals surface area contributed by atoms with E-state index in [0.717, 1.165) is 11.8 Å². The molecule has 0 spiro atoms. The van der Waals surface area contributed by atoms with Crippen LogP contribution in [-0.2, 0) is 21.2 Å². The largest absolute Gasteiger partial charge is 0.861 e. The summed E-state index contributed by atoms with van der Waals surface area (Å²) in [6, 6.07) is 9.23. The summed E-state index contributed by atoms with van der Waals surface area (Å²) in [7, 11) is -3.98. The molecule has 0 aliphatic carbocycles. The minimum atomic E-state index is -3.98. The molecular weight excluding hydrogens is 324 g/mol. The molecule has 0 saturated heterocycles. The van der Waals surface area contributed by atoms with Crippen LogP contribution in [0.1, 0.15) is 11.8 Å². The zero-order valence-electron chi connectivity index (χ0n) is 11.6. The molecule has 1 aromatic carbocycles. The number of sulfonamides is 1. The summed E-state index contributed by atoms with van der Waals surface area (Å²) in [5, 5.41) is 15.4. The second-order valence-corrected chi connectivity index (χ2v) is 7.05. The highest BCUT2D eigenvalue weighted by molar-refractivity contribution is 7.90. The number of nitrogens with zero attached hydrogens (tertiary/aromatic N) is 1. The first-order chi connectivity index (χ1) is 10.4. The van der Waals surface area contributed by atoms with E-state index in [1.807, 2.05) is 17.5 Å². The summed E-state index contributed by atoms with van der Waals surface area (Å²) in [6.45, 7) is 1.07. The Morgan fingerprint density at radius 3 is 2.50 bits per heavy atom. The number of hydrogen-bond acceptors (Lipinski definition) is 5. The summed E-state index contributed by atoms with van der Waals surface area (Å²) in [6.07, 6.45) is 0.261. The van der Waals surface area contributed by atoms with Crippen LogP contribution in [0, 0.1) is 0 Å². The zero-order chi connectivity index (χ0) is 16.2. The highest BCUT2D eigenvalue weighted by Crippen LogP contribution is 2.17. The van der Waals surface area contributed by atoms with Gasteiger partial charge in [0.15, 0.2) is 0 Å². The smallest absolute Gasteiger partial charge is 0.281 e. The van der Waals surface area contributed by atoms with E-state index in [0.29, 0.717) is 5.69 Å². The number of hydrogen-bond donors (Lipinski definition) is 1. The molecule has 2 aromatic rings. The molecule has 0 radical (unpaired) electrons. The highest BCUT2D eigenvalue weighted by atomic mass is 32.2. The molecule has 0 atom stereocenters. The van der Waals surface area contributed by atoms with E-state index in [1.165, 1.54) is 35.6 Å². The van der Waals surface area contributed by atoms with E-state index in [1.54, 1.807) is 0 Å². The number of anilines is 1. The Morgan fingerprint density at radius 1 is 1.27 bits per heavy atom. The number of carbonyl (C=O) groups excluding carboxylic acids is 1. The van der Waals surface area contributed by atoms with Gasteiger partial charge >= 0.3 is 0 Å². The fraction of sp³-hybridized carbons (Fsp3) is 0.143. The van der Waals surface area contributed by atoms with Gasteiger partial charge in [-0.05, 0) is 48.5 Å². The van der Waals surface area contributed by atoms with Crippen LogP contribution in [0.25, 0.3) is 0 Å². The Morgan fingerprint density at radius 2 is 1.95 bits per heavy atom. The van der Waals surface area contributed by atoms with E-state index >= 15 is 0 Å². The minimum Gasteiger partial charge on any atom is -0.861 e. The third-order valence-electron chi connectivity index (χ3n) is 2.60. The second kappa shape index (κ2) is 6.71. The normalized spacial score (nSPS) is 12.1. The third-order valence-corrected chi connectivity index (χ3v) is 4.84. The van der Waals surface area contributed by atoms with Gasteiger partial charge in [0.25, 0.3) is 10.0 Å². The SMILES string of the molecule is CC([O-])=NS(=O)(=O)c1ccc(NC(=O)Cc2cccs2)cc1. The molecule has 0 bridgehead atoms. The molecule has 0 aliphatic rings. The monoisotopic (exact) mass is 337 g/mol. The lowest BCUT2D eigenvalue weighted by molar-refractivity contribution is -0.215. The standard InChI is InChI=1S/C14H14N2O4S2/c1-10(17)16-22(19,20)13-6-4-11(5-7-13)15-14(18)9-12-3-2-8-21-12/h2-8H,9H2,1H3,(H,15,18)(H,16,17)/p-1. The fourth-order valence-corrected chi connectivity index (χ4v) is 3.34. The molecule has 1 amide bonds. The molecule has 0 saturated carbocycles. The minimum absolute atomic E-state index is 0.0982. The van der Waals surface area contributed by atoms with Gasteiger partial charge in [-0.1, -0.05) is 6.07 Å². The molecule has 6 nitrogen and oxygen atoms in total. The first-order valence-corrected chi connectivity index (χ1v) is 8.60. The predicted octanol–water partition coefficient (Wildman–Crippen LogP) is 1.40. The second-order valence-electron chi connectivity index (χ2n) is 4.41. The van der Waals surface area contributed by atoms with E-state index in [9.17, 15) is 18.3 Å². The van der Waals surface area contributed by atoms with Gasteiger partial charge in [0.05, 0.1) is 11.3 Å². The maximum absolute atomic E-state index is 11.8. The molecule has 0 fully saturated rings. The number of benzene rings is 1. The topological polar surface area (TPSA) is 98.7 Å². The summed E-state index contributed by atoms with van der Waals surface area (Å²) < 4.78 is 26.5. The average Bonchev–Trinajstić information content (AvgIpc) is 2.90. The van der Waals surface area contributed by atoms with Crippen molar-refractivity contribution in [2.24, 2.45) is 4.40 Å².